The van der Waals surface area contributed by atoms with E-state index in [-0.39, 0.29) is 5.69 Å². The Labute approximate surface area is 143 Å². The second-order valence-corrected chi connectivity index (χ2v) is 5.68. The molecule has 128 valence electrons. The predicted molar refractivity (Wildman–Crippen MR) is 95.3 cm³/mol. The van der Waals surface area contributed by atoms with Crippen molar-refractivity contribution in [3.63, 3.8) is 0 Å². The number of hydrogen-bond donors (Lipinski definition) is 3. The van der Waals surface area contributed by atoms with E-state index in [0.29, 0.717) is 17.3 Å². The minimum Gasteiger partial charge on any atom is -0.393 e. The number of nitrogens with zero attached hydrogens (tertiary/aromatic N) is 2. The van der Waals surface area contributed by atoms with Crippen LogP contribution in [-0.4, -0.2) is 9.97 Å². The molecule has 0 unspecified atom stereocenters. The van der Waals surface area contributed by atoms with Gasteiger partial charge in [0.05, 0.1) is 0 Å². The average molecular weight is 341 g/mol. The lowest BCUT2D eigenvalue weighted by Gasteiger charge is -2.14. The molecule has 5 nitrogen and oxygen atoms in total. The van der Waals surface area contributed by atoms with E-state index in [0.717, 1.165) is 28.9 Å². The zero-order valence-corrected chi connectivity index (χ0v) is 13.8. The van der Waals surface area contributed by atoms with Gasteiger partial charge in [0, 0.05) is 17.4 Å². The number of benzene rings is 2. The van der Waals surface area contributed by atoms with Gasteiger partial charge in [0.15, 0.2) is 23.3 Å². The van der Waals surface area contributed by atoms with Crippen LogP contribution in [0, 0.1) is 25.5 Å². The summed E-state index contributed by atoms with van der Waals surface area (Å²) >= 11 is 0. The summed E-state index contributed by atoms with van der Waals surface area (Å²) in [5.74, 6) is -1.15. The van der Waals surface area contributed by atoms with Crippen LogP contribution in [0.25, 0.3) is 0 Å². The maximum atomic E-state index is 13.3. The van der Waals surface area contributed by atoms with Crippen LogP contribution in [0.2, 0.25) is 0 Å². The van der Waals surface area contributed by atoms with E-state index in [9.17, 15) is 8.78 Å². The number of anilines is 5. The van der Waals surface area contributed by atoms with Gasteiger partial charge in [0.1, 0.15) is 12.0 Å². The van der Waals surface area contributed by atoms with E-state index >= 15 is 0 Å². The highest BCUT2D eigenvalue weighted by molar-refractivity contribution is 5.80. The first-order valence-corrected chi connectivity index (χ1v) is 7.61. The Morgan fingerprint density at radius 3 is 2.28 bits per heavy atom. The Kier molecular flexibility index (Phi) is 4.47. The Morgan fingerprint density at radius 1 is 0.880 bits per heavy atom. The smallest absolute Gasteiger partial charge is 0.160 e. The topological polar surface area (TPSA) is 75.9 Å². The van der Waals surface area contributed by atoms with Gasteiger partial charge in [-0.2, -0.15) is 0 Å². The third kappa shape index (κ3) is 3.65. The molecule has 3 rings (SSSR count). The first kappa shape index (κ1) is 16.6. The Balaban J connectivity index is 1.87. The summed E-state index contributed by atoms with van der Waals surface area (Å²) in [6, 6.07) is 9.43. The van der Waals surface area contributed by atoms with Crippen LogP contribution in [0.5, 0.6) is 0 Å². The van der Waals surface area contributed by atoms with Crippen LogP contribution in [-0.2, 0) is 0 Å². The van der Waals surface area contributed by atoms with Crippen molar-refractivity contribution in [1.82, 2.24) is 9.97 Å². The zero-order chi connectivity index (χ0) is 18.0. The number of hydrogen-bond acceptors (Lipinski definition) is 5. The number of aromatic nitrogens is 2. The van der Waals surface area contributed by atoms with Gasteiger partial charge in [0.2, 0.25) is 0 Å². The SMILES string of the molecule is Cc1ccc(Nc2ncnc(Nc3ccc(F)c(F)c3)c2N)c(C)c1. The standard InChI is InChI=1S/C18H17F2N5/c1-10-3-6-15(11(2)7-10)25-18-16(21)17(22-9-23-18)24-12-4-5-13(19)14(20)8-12/h3-9H,21H2,1-2H3,(H2,22,23,24,25). The molecule has 3 aromatic rings. The van der Waals surface area contributed by atoms with E-state index in [1.807, 2.05) is 32.0 Å². The lowest BCUT2D eigenvalue weighted by molar-refractivity contribution is 0.509. The zero-order valence-electron chi connectivity index (χ0n) is 13.8. The van der Waals surface area contributed by atoms with Gasteiger partial charge in [-0.1, -0.05) is 17.7 Å². The van der Waals surface area contributed by atoms with E-state index in [1.165, 1.54) is 12.4 Å². The second kappa shape index (κ2) is 6.72. The van der Waals surface area contributed by atoms with Crippen LogP contribution in [0.4, 0.5) is 37.5 Å². The molecule has 0 aliphatic carbocycles. The van der Waals surface area contributed by atoms with Crippen molar-refractivity contribution >= 4 is 28.7 Å². The van der Waals surface area contributed by atoms with Crippen LogP contribution in [0.3, 0.4) is 0 Å². The summed E-state index contributed by atoms with van der Waals surface area (Å²) in [7, 11) is 0. The maximum Gasteiger partial charge on any atom is 0.160 e. The van der Waals surface area contributed by atoms with Gasteiger partial charge in [-0.25, -0.2) is 18.7 Å². The Morgan fingerprint density at radius 2 is 1.60 bits per heavy atom. The number of nitrogens with two attached hydrogens (primary N) is 1. The first-order chi connectivity index (χ1) is 11.9. The molecule has 2 aromatic carbocycles. The molecule has 1 aromatic heterocycles. The van der Waals surface area contributed by atoms with Gasteiger partial charge >= 0.3 is 0 Å². The quantitative estimate of drug-likeness (QED) is 0.654. The molecule has 0 amide bonds. The molecule has 0 fully saturated rings. The first-order valence-electron chi connectivity index (χ1n) is 7.61. The summed E-state index contributed by atoms with van der Waals surface area (Å²) in [4.78, 5) is 8.21. The summed E-state index contributed by atoms with van der Waals surface area (Å²) in [5, 5.41) is 6.03. The normalized spacial score (nSPS) is 10.6. The molecule has 0 spiro atoms. The van der Waals surface area contributed by atoms with Crippen molar-refractivity contribution in [1.29, 1.82) is 0 Å². The molecule has 0 aliphatic rings. The van der Waals surface area contributed by atoms with Crippen molar-refractivity contribution in [3.05, 3.63) is 65.5 Å². The molecule has 4 N–H and O–H groups in total. The molecule has 25 heavy (non-hydrogen) atoms. The summed E-state index contributed by atoms with van der Waals surface area (Å²) in [6.07, 6.45) is 1.34. The molecule has 0 saturated heterocycles. The van der Waals surface area contributed by atoms with E-state index < -0.39 is 11.6 Å². The molecular weight excluding hydrogens is 324 g/mol. The molecule has 0 bridgehead atoms. The molecular formula is C18H17F2N5. The largest absolute Gasteiger partial charge is 0.393 e. The van der Waals surface area contributed by atoms with Gasteiger partial charge in [-0.3, -0.25) is 0 Å². The van der Waals surface area contributed by atoms with Crippen LogP contribution >= 0.6 is 0 Å². The highest BCUT2D eigenvalue weighted by Crippen LogP contribution is 2.29. The summed E-state index contributed by atoms with van der Waals surface area (Å²) in [6.45, 7) is 3.99. The van der Waals surface area contributed by atoms with Crippen molar-refractivity contribution in [2.75, 3.05) is 16.4 Å². The molecule has 1 heterocycles. The number of rotatable bonds is 4. The Bertz CT molecular complexity index is 927. The van der Waals surface area contributed by atoms with Crippen LogP contribution in [0.1, 0.15) is 11.1 Å². The lowest BCUT2D eigenvalue weighted by atomic mass is 10.1. The monoisotopic (exact) mass is 341 g/mol. The fraction of sp³-hybridized carbons (Fsp3) is 0.111. The number of halogens is 2. The highest BCUT2D eigenvalue weighted by Gasteiger charge is 2.11. The third-order valence-electron chi connectivity index (χ3n) is 3.70. The minimum absolute atomic E-state index is 0.271. The van der Waals surface area contributed by atoms with Crippen LogP contribution in [0.15, 0.2) is 42.7 Å². The van der Waals surface area contributed by atoms with Crippen LogP contribution < -0.4 is 16.4 Å². The lowest BCUT2D eigenvalue weighted by Crippen LogP contribution is -2.06. The van der Waals surface area contributed by atoms with Crippen molar-refractivity contribution in [2.45, 2.75) is 13.8 Å². The molecule has 0 saturated carbocycles. The second-order valence-electron chi connectivity index (χ2n) is 5.68. The van der Waals surface area contributed by atoms with Gasteiger partial charge in [0.25, 0.3) is 0 Å². The molecule has 0 atom stereocenters. The highest BCUT2D eigenvalue weighted by atomic mass is 19.2. The molecule has 0 radical (unpaired) electrons. The third-order valence-corrected chi connectivity index (χ3v) is 3.70. The van der Waals surface area contributed by atoms with Crippen molar-refractivity contribution < 1.29 is 8.78 Å². The van der Waals surface area contributed by atoms with E-state index in [2.05, 4.69) is 20.6 Å². The summed E-state index contributed by atoms with van der Waals surface area (Å²) in [5.41, 5.74) is 9.79. The van der Waals surface area contributed by atoms with Gasteiger partial charge in [-0.05, 0) is 37.6 Å². The molecule has 7 heteroatoms. The van der Waals surface area contributed by atoms with Crippen molar-refractivity contribution in [3.8, 4) is 0 Å². The van der Waals surface area contributed by atoms with E-state index in [1.54, 1.807) is 0 Å². The summed E-state index contributed by atoms with van der Waals surface area (Å²) < 4.78 is 26.4. The number of nitrogen functional groups attached to an aromatic ring is 1. The fourth-order valence-corrected chi connectivity index (χ4v) is 2.39. The minimum atomic E-state index is -0.953. The fourth-order valence-electron chi connectivity index (χ4n) is 2.39. The van der Waals surface area contributed by atoms with Gasteiger partial charge < -0.3 is 16.4 Å². The molecule has 0 aliphatic heterocycles. The van der Waals surface area contributed by atoms with E-state index in [4.69, 9.17) is 5.73 Å². The maximum absolute atomic E-state index is 13.3. The number of nitrogens with one attached hydrogen (secondary N) is 2. The average Bonchev–Trinajstić information content (AvgIpc) is 2.57. The van der Waals surface area contributed by atoms with Gasteiger partial charge in [-0.15, -0.1) is 0 Å². The number of aryl methyl sites for hydroxylation is 2. The van der Waals surface area contributed by atoms with Crippen molar-refractivity contribution in [2.24, 2.45) is 0 Å². The predicted octanol–water partition coefficient (Wildman–Crippen LogP) is 4.44. The Hall–Kier alpha value is -3.22.